The smallest absolute Gasteiger partial charge is 0.308 e. The molecule has 1 aliphatic rings. The third kappa shape index (κ3) is 3.96. The fraction of sp³-hybridized carbons (Fsp3) is 0.562. The van der Waals surface area contributed by atoms with Crippen LogP contribution in [0.2, 0.25) is 0 Å². The second-order valence-corrected chi connectivity index (χ2v) is 5.55. The van der Waals surface area contributed by atoms with Gasteiger partial charge in [0.1, 0.15) is 5.75 Å². The highest BCUT2D eigenvalue weighted by Gasteiger charge is 2.28. The Morgan fingerprint density at radius 1 is 1.32 bits per heavy atom. The Morgan fingerprint density at radius 3 is 2.59 bits per heavy atom. The molecular weight excluding hydrogens is 286 g/mol. The molecule has 1 fully saturated rings. The van der Waals surface area contributed by atoms with E-state index in [-0.39, 0.29) is 23.7 Å². The van der Waals surface area contributed by atoms with E-state index in [1.165, 1.54) is 6.07 Å². The molecule has 6 heteroatoms. The van der Waals surface area contributed by atoms with Crippen molar-refractivity contribution in [2.45, 2.75) is 45.6 Å². The molecule has 0 saturated heterocycles. The molecule has 0 aliphatic heterocycles. The van der Waals surface area contributed by atoms with Crippen molar-refractivity contribution in [3.05, 3.63) is 33.9 Å². The Balaban J connectivity index is 1.92. The number of benzene rings is 1. The van der Waals surface area contributed by atoms with E-state index in [1.807, 2.05) is 0 Å². The Morgan fingerprint density at radius 2 is 2.00 bits per heavy atom. The summed E-state index contributed by atoms with van der Waals surface area (Å²) >= 11 is 0. The summed E-state index contributed by atoms with van der Waals surface area (Å²) in [6.45, 7) is 3.91. The molecule has 0 radical (unpaired) electrons. The van der Waals surface area contributed by atoms with Crippen LogP contribution in [0.3, 0.4) is 0 Å². The summed E-state index contributed by atoms with van der Waals surface area (Å²) in [5.74, 6) is 0.330. The van der Waals surface area contributed by atoms with Crippen LogP contribution in [0.15, 0.2) is 18.2 Å². The second kappa shape index (κ2) is 7.24. The highest BCUT2D eigenvalue weighted by Crippen LogP contribution is 2.30. The van der Waals surface area contributed by atoms with Crippen LogP contribution in [-0.2, 0) is 9.53 Å². The van der Waals surface area contributed by atoms with Crippen LogP contribution in [0, 0.1) is 23.0 Å². The number of nitro benzene ring substituents is 1. The van der Waals surface area contributed by atoms with Gasteiger partial charge in [-0.25, -0.2) is 0 Å². The fourth-order valence-electron chi connectivity index (χ4n) is 2.73. The van der Waals surface area contributed by atoms with E-state index in [1.54, 1.807) is 26.0 Å². The molecule has 0 heterocycles. The van der Waals surface area contributed by atoms with Crippen molar-refractivity contribution in [2.24, 2.45) is 5.92 Å². The van der Waals surface area contributed by atoms with Gasteiger partial charge in [-0.1, -0.05) is 0 Å². The number of nitro groups is 1. The predicted molar refractivity (Wildman–Crippen MR) is 80.8 cm³/mol. The summed E-state index contributed by atoms with van der Waals surface area (Å²) in [7, 11) is 0. The summed E-state index contributed by atoms with van der Waals surface area (Å²) in [6, 6.07) is 4.91. The average Bonchev–Trinajstić information content (AvgIpc) is 2.50. The van der Waals surface area contributed by atoms with Gasteiger partial charge in [0.15, 0.2) is 0 Å². The van der Waals surface area contributed by atoms with E-state index in [9.17, 15) is 14.9 Å². The van der Waals surface area contributed by atoms with E-state index in [4.69, 9.17) is 9.47 Å². The normalized spacial score (nSPS) is 21.2. The summed E-state index contributed by atoms with van der Waals surface area (Å²) in [5.41, 5.74) is 0.682. The van der Waals surface area contributed by atoms with Gasteiger partial charge >= 0.3 is 5.97 Å². The highest BCUT2D eigenvalue weighted by atomic mass is 16.6. The maximum absolute atomic E-state index is 11.7. The van der Waals surface area contributed by atoms with Gasteiger partial charge in [0.05, 0.1) is 29.6 Å². The number of nitrogens with zero attached hydrogens (tertiary/aromatic N) is 1. The minimum absolute atomic E-state index is 0.00649. The van der Waals surface area contributed by atoms with Gasteiger partial charge in [0.2, 0.25) is 0 Å². The monoisotopic (exact) mass is 307 g/mol. The van der Waals surface area contributed by atoms with Crippen LogP contribution in [-0.4, -0.2) is 23.6 Å². The number of aryl methyl sites for hydroxylation is 1. The molecule has 0 atom stereocenters. The van der Waals surface area contributed by atoms with Crippen LogP contribution in [0.1, 0.15) is 38.2 Å². The van der Waals surface area contributed by atoms with Crippen LogP contribution in [0.25, 0.3) is 0 Å². The molecule has 0 N–H and O–H groups in total. The minimum atomic E-state index is -0.403. The summed E-state index contributed by atoms with van der Waals surface area (Å²) in [6.07, 6.45) is 2.97. The topological polar surface area (TPSA) is 78.7 Å². The molecule has 0 aromatic heterocycles. The van der Waals surface area contributed by atoms with E-state index in [0.29, 0.717) is 17.9 Å². The largest absolute Gasteiger partial charge is 0.490 e. The zero-order chi connectivity index (χ0) is 16.1. The quantitative estimate of drug-likeness (QED) is 0.473. The van der Waals surface area contributed by atoms with Crippen LogP contribution >= 0.6 is 0 Å². The Labute approximate surface area is 129 Å². The second-order valence-electron chi connectivity index (χ2n) is 5.55. The highest BCUT2D eigenvalue weighted by molar-refractivity contribution is 5.72. The first-order valence-electron chi connectivity index (χ1n) is 7.59. The SMILES string of the molecule is CCOC(=O)C1CCC(Oc2ccc(C)c([N+](=O)[O-])c2)CC1. The number of carbonyl (C=O) groups excluding carboxylic acids is 1. The number of esters is 1. The van der Waals surface area contributed by atoms with Crippen molar-refractivity contribution in [1.82, 2.24) is 0 Å². The first-order chi connectivity index (χ1) is 10.5. The zero-order valence-corrected chi connectivity index (χ0v) is 12.9. The molecule has 1 aliphatic carbocycles. The number of hydrogen-bond donors (Lipinski definition) is 0. The van der Waals surface area contributed by atoms with Gasteiger partial charge < -0.3 is 9.47 Å². The van der Waals surface area contributed by atoms with E-state index in [0.717, 1.165) is 25.7 Å². The fourth-order valence-corrected chi connectivity index (χ4v) is 2.73. The zero-order valence-electron chi connectivity index (χ0n) is 12.9. The molecule has 22 heavy (non-hydrogen) atoms. The van der Waals surface area contributed by atoms with E-state index in [2.05, 4.69) is 0 Å². The van der Waals surface area contributed by atoms with Gasteiger partial charge in [-0.15, -0.1) is 0 Å². The van der Waals surface area contributed by atoms with Crippen LogP contribution in [0.5, 0.6) is 5.75 Å². The van der Waals surface area contributed by atoms with Gasteiger partial charge in [-0.2, -0.15) is 0 Å². The van der Waals surface area contributed by atoms with Crippen molar-refractivity contribution >= 4 is 11.7 Å². The lowest BCUT2D eigenvalue weighted by molar-refractivity contribution is -0.385. The molecule has 0 amide bonds. The number of rotatable bonds is 5. The molecule has 0 unspecified atom stereocenters. The lowest BCUT2D eigenvalue weighted by atomic mass is 9.87. The number of hydrogen-bond acceptors (Lipinski definition) is 5. The van der Waals surface area contributed by atoms with Crippen molar-refractivity contribution in [3.63, 3.8) is 0 Å². The average molecular weight is 307 g/mol. The molecule has 6 nitrogen and oxygen atoms in total. The molecular formula is C16H21NO5. The maximum atomic E-state index is 11.7. The standard InChI is InChI=1S/C16H21NO5/c1-3-21-16(18)12-5-8-13(9-6-12)22-14-7-4-11(2)15(10-14)17(19)20/h4,7,10,12-13H,3,5-6,8-9H2,1-2H3. The third-order valence-electron chi connectivity index (χ3n) is 3.97. The van der Waals surface area contributed by atoms with E-state index >= 15 is 0 Å². The Kier molecular flexibility index (Phi) is 5.35. The van der Waals surface area contributed by atoms with Crippen molar-refractivity contribution in [1.29, 1.82) is 0 Å². The Bertz CT molecular complexity index is 549. The summed E-state index contributed by atoms with van der Waals surface area (Å²) < 4.78 is 10.9. The predicted octanol–water partition coefficient (Wildman–Crippen LogP) is 3.40. The van der Waals surface area contributed by atoms with Crippen molar-refractivity contribution < 1.29 is 19.2 Å². The Hall–Kier alpha value is -2.11. The van der Waals surface area contributed by atoms with Crippen molar-refractivity contribution in [3.8, 4) is 5.75 Å². The van der Waals surface area contributed by atoms with Gasteiger partial charge in [-0.3, -0.25) is 14.9 Å². The molecule has 120 valence electrons. The van der Waals surface area contributed by atoms with Crippen LogP contribution < -0.4 is 4.74 Å². The molecule has 1 saturated carbocycles. The number of ether oxygens (including phenoxy) is 2. The molecule has 1 aromatic rings. The van der Waals surface area contributed by atoms with Gasteiger partial charge in [-0.05, 0) is 51.7 Å². The lowest BCUT2D eigenvalue weighted by Gasteiger charge is -2.27. The summed E-state index contributed by atoms with van der Waals surface area (Å²) in [5, 5.41) is 10.9. The van der Waals surface area contributed by atoms with E-state index < -0.39 is 4.92 Å². The lowest BCUT2D eigenvalue weighted by Crippen LogP contribution is -2.29. The number of carbonyl (C=O) groups is 1. The third-order valence-corrected chi connectivity index (χ3v) is 3.97. The minimum Gasteiger partial charge on any atom is -0.490 e. The summed E-state index contributed by atoms with van der Waals surface area (Å²) in [4.78, 5) is 22.2. The molecule has 0 spiro atoms. The molecule has 0 bridgehead atoms. The van der Waals surface area contributed by atoms with Crippen molar-refractivity contribution in [2.75, 3.05) is 6.61 Å². The first kappa shape index (κ1) is 16.3. The maximum Gasteiger partial charge on any atom is 0.308 e. The van der Waals surface area contributed by atoms with Crippen LogP contribution in [0.4, 0.5) is 5.69 Å². The molecule has 2 rings (SSSR count). The first-order valence-corrected chi connectivity index (χ1v) is 7.59. The molecule has 1 aromatic carbocycles. The van der Waals surface area contributed by atoms with Gasteiger partial charge in [0.25, 0.3) is 5.69 Å². The van der Waals surface area contributed by atoms with Gasteiger partial charge in [0, 0.05) is 5.56 Å².